The van der Waals surface area contributed by atoms with Crippen LogP contribution >= 0.6 is 27.5 Å². The van der Waals surface area contributed by atoms with Gasteiger partial charge in [-0.05, 0) is 23.3 Å². The summed E-state index contributed by atoms with van der Waals surface area (Å²) >= 11 is 8.85. The van der Waals surface area contributed by atoms with Crippen molar-refractivity contribution in [3.63, 3.8) is 0 Å². The molecule has 0 aliphatic carbocycles. The highest BCUT2D eigenvalue weighted by atomic mass is 79.9. The summed E-state index contributed by atoms with van der Waals surface area (Å²) in [7, 11) is 1.31. The lowest BCUT2D eigenvalue weighted by Crippen LogP contribution is -2.07. The van der Waals surface area contributed by atoms with Crippen LogP contribution in [0.3, 0.4) is 0 Å². The van der Waals surface area contributed by atoms with Crippen molar-refractivity contribution in [1.29, 1.82) is 0 Å². The van der Waals surface area contributed by atoms with Crippen molar-refractivity contribution in [2.75, 3.05) is 7.11 Å². The molecule has 5 heteroatoms. The fourth-order valence-corrected chi connectivity index (χ4v) is 2.04. The van der Waals surface area contributed by atoms with Gasteiger partial charge < -0.3 is 4.74 Å². The quantitative estimate of drug-likeness (QED) is 0.633. The molecule has 0 saturated heterocycles. The average molecular weight is 296 g/mol. The number of esters is 1. The van der Waals surface area contributed by atoms with Crippen LogP contribution in [0.2, 0.25) is 0 Å². The molecular formula is C10H9BrClFO2. The zero-order chi connectivity index (χ0) is 11.4. The minimum atomic E-state index is -0.383. The van der Waals surface area contributed by atoms with Crippen molar-refractivity contribution in [2.45, 2.75) is 12.3 Å². The van der Waals surface area contributed by atoms with Crippen LogP contribution in [0.4, 0.5) is 4.39 Å². The highest BCUT2D eigenvalue weighted by Gasteiger charge is 2.13. The first-order chi connectivity index (χ1) is 7.08. The van der Waals surface area contributed by atoms with Crippen LogP contribution < -0.4 is 0 Å². The molecule has 1 aromatic rings. The molecule has 0 radical (unpaired) electrons. The largest absolute Gasteiger partial charge is 0.469 e. The molecule has 0 aliphatic rings. The molecule has 0 N–H and O–H groups in total. The van der Waals surface area contributed by atoms with Gasteiger partial charge in [-0.15, -0.1) is 11.6 Å². The van der Waals surface area contributed by atoms with Gasteiger partial charge in [-0.2, -0.15) is 0 Å². The zero-order valence-electron chi connectivity index (χ0n) is 8.02. The molecule has 0 saturated carbocycles. The number of carbonyl (C=O) groups is 1. The van der Waals surface area contributed by atoms with Gasteiger partial charge in [-0.3, -0.25) is 4.79 Å². The molecule has 0 unspecified atom stereocenters. The maximum atomic E-state index is 13.0. The molecule has 1 rings (SSSR count). The van der Waals surface area contributed by atoms with Gasteiger partial charge in [-0.25, -0.2) is 4.39 Å². The SMILES string of the molecule is COC(=O)Cc1c(Br)cc(F)cc1CCl. The summed E-state index contributed by atoms with van der Waals surface area (Å²) in [5.74, 6) is -0.609. The third-order valence-electron chi connectivity index (χ3n) is 1.95. The number of methoxy groups -OCH3 is 1. The summed E-state index contributed by atoms with van der Waals surface area (Å²) in [6.07, 6.45) is 0.0828. The van der Waals surface area contributed by atoms with E-state index in [4.69, 9.17) is 11.6 Å². The van der Waals surface area contributed by atoms with E-state index in [1.54, 1.807) is 0 Å². The van der Waals surface area contributed by atoms with Crippen LogP contribution in [0.1, 0.15) is 11.1 Å². The zero-order valence-corrected chi connectivity index (χ0v) is 10.4. The second-order valence-electron chi connectivity index (χ2n) is 2.91. The normalized spacial score (nSPS) is 10.1. The van der Waals surface area contributed by atoms with E-state index >= 15 is 0 Å². The molecule has 2 nitrogen and oxygen atoms in total. The molecule has 0 bridgehead atoms. The molecule has 0 aromatic heterocycles. The van der Waals surface area contributed by atoms with Crippen molar-refractivity contribution in [3.05, 3.63) is 33.5 Å². The molecule has 1 aromatic carbocycles. The van der Waals surface area contributed by atoms with Gasteiger partial charge in [0.2, 0.25) is 0 Å². The molecule has 0 amide bonds. The lowest BCUT2D eigenvalue weighted by molar-refractivity contribution is -0.139. The van der Waals surface area contributed by atoms with Gasteiger partial charge in [0.1, 0.15) is 5.82 Å². The predicted molar refractivity (Wildman–Crippen MR) is 59.4 cm³/mol. The van der Waals surface area contributed by atoms with Gasteiger partial charge in [0.05, 0.1) is 13.5 Å². The molecule has 15 heavy (non-hydrogen) atoms. The van der Waals surface area contributed by atoms with E-state index in [0.717, 1.165) is 0 Å². The summed E-state index contributed by atoms with van der Waals surface area (Å²) < 4.78 is 18.1. The van der Waals surface area contributed by atoms with E-state index in [0.29, 0.717) is 15.6 Å². The number of rotatable bonds is 3. The monoisotopic (exact) mass is 294 g/mol. The topological polar surface area (TPSA) is 26.3 Å². The van der Waals surface area contributed by atoms with E-state index in [9.17, 15) is 9.18 Å². The van der Waals surface area contributed by atoms with E-state index in [1.165, 1.54) is 19.2 Å². The van der Waals surface area contributed by atoms with Gasteiger partial charge in [0, 0.05) is 10.4 Å². The second-order valence-corrected chi connectivity index (χ2v) is 4.03. The first kappa shape index (κ1) is 12.5. The van der Waals surface area contributed by atoms with Crippen molar-refractivity contribution < 1.29 is 13.9 Å². The van der Waals surface area contributed by atoms with Crippen LogP contribution in [0.25, 0.3) is 0 Å². The van der Waals surface area contributed by atoms with E-state index in [-0.39, 0.29) is 24.1 Å². The number of ether oxygens (including phenoxy) is 1. The third-order valence-corrected chi connectivity index (χ3v) is 2.94. The second kappa shape index (κ2) is 5.47. The molecule has 0 spiro atoms. The Morgan fingerprint density at radius 3 is 2.80 bits per heavy atom. The Morgan fingerprint density at radius 2 is 2.27 bits per heavy atom. The van der Waals surface area contributed by atoms with E-state index in [2.05, 4.69) is 20.7 Å². The van der Waals surface area contributed by atoms with Gasteiger partial charge in [-0.1, -0.05) is 15.9 Å². The Labute approximate surface area is 101 Å². The fourth-order valence-electron chi connectivity index (χ4n) is 1.19. The standard InChI is InChI=1S/C10H9BrClFO2/c1-15-10(14)4-8-6(5-12)2-7(13)3-9(8)11/h2-3H,4-5H2,1H3. The molecule has 82 valence electrons. The Hall–Kier alpha value is -0.610. The number of carbonyl (C=O) groups excluding carboxylic acids is 1. The summed E-state index contributed by atoms with van der Waals surface area (Å²) in [6.45, 7) is 0. The summed E-state index contributed by atoms with van der Waals surface area (Å²) in [4.78, 5) is 11.1. The maximum absolute atomic E-state index is 13.0. The molecule has 0 atom stereocenters. The van der Waals surface area contributed by atoms with Crippen LogP contribution in [0.15, 0.2) is 16.6 Å². The van der Waals surface area contributed by atoms with Crippen LogP contribution in [-0.4, -0.2) is 13.1 Å². The Balaban J connectivity index is 3.09. The summed E-state index contributed by atoms with van der Waals surface area (Å²) in [6, 6.07) is 2.62. The summed E-state index contributed by atoms with van der Waals surface area (Å²) in [5.41, 5.74) is 1.26. The highest BCUT2D eigenvalue weighted by molar-refractivity contribution is 9.10. The van der Waals surface area contributed by atoms with Crippen molar-refractivity contribution in [2.24, 2.45) is 0 Å². The summed E-state index contributed by atoms with van der Waals surface area (Å²) in [5, 5.41) is 0. The number of benzene rings is 1. The van der Waals surface area contributed by atoms with Crippen molar-refractivity contribution in [3.8, 4) is 0 Å². The van der Waals surface area contributed by atoms with Gasteiger partial charge >= 0.3 is 5.97 Å². The number of hydrogen-bond donors (Lipinski definition) is 0. The van der Waals surface area contributed by atoms with Crippen molar-refractivity contribution >= 4 is 33.5 Å². The number of halogens is 3. The molecular weight excluding hydrogens is 286 g/mol. The van der Waals surface area contributed by atoms with E-state index in [1.807, 2.05) is 0 Å². The Kier molecular flexibility index (Phi) is 4.54. The fraction of sp³-hybridized carbons (Fsp3) is 0.300. The lowest BCUT2D eigenvalue weighted by Gasteiger charge is -2.08. The molecule has 0 fully saturated rings. The smallest absolute Gasteiger partial charge is 0.310 e. The number of alkyl halides is 1. The van der Waals surface area contributed by atoms with Gasteiger partial charge in [0.25, 0.3) is 0 Å². The Morgan fingerprint density at radius 1 is 1.60 bits per heavy atom. The van der Waals surface area contributed by atoms with Crippen LogP contribution in [-0.2, 0) is 21.8 Å². The first-order valence-corrected chi connectivity index (χ1v) is 5.50. The van der Waals surface area contributed by atoms with Crippen LogP contribution in [0, 0.1) is 5.82 Å². The maximum Gasteiger partial charge on any atom is 0.310 e. The molecule has 0 heterocycles. The van der Waals surface area contributed by atoms with Gasteiger partial charge in [0.15, 0.2) is 0 Å². The van der Waals surface area contributed by atoms with Crippen molar-refractivity contribution in [1.82, 2.24) is 0 Å². The lowest BCUT2D eigenvalue weighted by atomic mass is 10.1. The number of hydrogen-bond acceptors (Lipinski definition) is 2. The third kappa shape index (κ3) is 3.18. The Bertz CT molecular complexity index is 382. The minimum absolute atomic E-state index is 0.0828. The first-order valence-electron chi connectivity index (χ1n) is 4.18. The predicted octanol–water partition coefficient (Wildman–Crippen LogP) is 3.04. The van der Waals surface area contributed by atoms with E-state index < -0.39 is 0 Å². The van der Waals surface area contributed by atoms with Crippen LogP contribution in [0.5, 0.6) is 0 Å². The minimum Gasteiger partial charge on any atom is -0.469 e. The highest BCUT2D eigenvalue weighted by Crippen LogP contribution is 2.24. The molecule has 0 aliphatic heterocycles. The average Bonchev–Trinajstić information content (AvgIpc) is 2.21.